The molecule has 1 amide bonds. The fourth-order valence-electron chi connectivity index (χ4n) is 2.15. The van der Waals surface area contributed by atoms with Crippen LogP contribution in [-0.2, 0) is 9.53 Å². The number of amides is 1. The summed E-state index contributed by atoms with van der Waals surface area (Å²) in [6.07, 6.45) is 1.66. The SMILES string of the molecule is CC1(C)OC2(C(N)=O)CC1C2. The highest BCUT2D eigenvalue weighted by molar-refractivity contribution is 5.85. The average molecular weight is 155 g/mol. The van der Waals surface area contributed by atoms with E-state index in [-0.39, 0.29) is 11.5 Å². The second-order valence-electron chi connectivity index (χ2n) is 4.17. The molecule has 2 aliphatic heterocycles. The first-order chi connectivity index (χ1) is 4.96. The van der Waals surface area contributed by atoms with E-state index in [9.17, 15) is 4.79 Å². The number of carbonyl (C=O) groups is 1. The molecule has 0 aromatic heterocycles. The molecule has 2 heterocycles. The van der Waals surface area contributed by atoms with Crippen molar-refractivity contribution in [2.45, 2.75) is 37.9 Å². The van der Waals surface area contributed by atoms with E-state index in [4.69, 9.17) is 10.5 Å². The molecule has 1 saturated carbocycles. The average Bonchev–Trinajstić information content (AvgIpc) is 2.11. The summed E-state index contributed by atoms with van der Waals surface area (Å²) in [5.74, 6) is 0.245. The molecule has 0 atom stereocenters. The second-order valence-corrected chi connectivity index (χ2v) is 4.17. The normalized spacial score (nSPS) is 45.1. The monoisotopic (exact) mass is 155 g/mol. The van der Waals surface area contributed by atoms with Gasteiger partial charge in [-0.1, -0.05) is 0 Å². The zero-order valence-corrected chi connectivity index (χ0v) is 6.89. The van der Waals surface area contributed by atoms with Crippen molar-refractivity contribution in [1.82, 2.24) is 0 Å². The molecule has 3 nitrogen and oxygen atoms in total. The van der Waals surface area contributed by atoms with Crippen LogP contribution >= 0.6 is 0 Å². The molecular weight excluding hydrogens is 142 g/mol. The molecule has 2 N–H and O–H groups in total. The van der Waals surface area contributed by atoms with Gasteiger partial charge in [-0.2, -0.15) is 0 Å². The molecule has 0 aromatic rings. The Labute approximate surface area is 65.9 Å². The first-order valence-corrected chi connectivity index (χ1v) is 3.96. The zero-order chi connectivity index (χ0) is 8.28. The van der Waals surface area contributed by atoms with E-state index in [0.717, 1.165) is 12.8 Å². The van der Waals surface area contributed by atoms with Crippen molar-refractivity contribution in [3.63, 3.8) is 0 Å². The summed E-state index contributed by atoms with van der Waals surface area (Å²) in [5, 5.41) is 0. The highest BCUT2D eigenvalue weighted by Crippen LogP contribution is 2.57. The van der Waals surface area contributed by atoms with Crippen LogP contribution < -0.4 is 5.73 Å². The number of ether oxygens (including phenoxy) is 1. The van der Waals surface area contributed by atoms with Crippen molar-refractivity contribution >= 4 is 5.91 Å². The van der Waals surface area contributed by atoms with E-state index in [1.54, 1.807) is 0 Å². The van der Waals surface area contributed by atoms with Gasteiger partial charge in [-0.3, -0.25) is 4.79 Å². The number of fused-ring (bicyclic) bond motifs is 1. The molecule has 0 radical (unpaired) electrons. The van der Waals surface area contributed by atoms with Crippen molar-refractivity contribution in [2.75, 3.05) is 0 Å². The zero-order valence-electron chi connectivity index (χ0n) is 6.89. The van der Waals surface area contributed by atoms with E-state index < -0.39 is 5.60 Å². The van der Waals surface area contributed by atoms with Crippen molar-refractivity contribution in [1.29, 1.82) is 0 Å². The second kappa shape index (κ2) is 1.61. The maximum absolute atomic E-state index is 10.9. The lowest BCUT2D eigenvalue weighted by Gasteiger charge is -2.32. The van der Waals surface area contributed by atoms with Crippen molar-refractivity contribution < 1.29 is 9.53 Å². The summed E-state index contributed by atoms with van der Waals surface area (Å²) in [7, 11) is 0. The largest absolute Gasteiger partial charge is 0.367 e. The van der Waals surface area contributed by atoms with E-state index in [2.05, 4.69) is 0 Å². The Kier molecular flexibility index (Phi) is 1.04. The lowest BCUT2D eigenvalue weighted by atomic mass is 9.69. The van der Waals surface area contributed by atoms with Gasteiger partial charge in [-0.05, 0) is 32.6 Å². The van der Waals surface area contributed by atoms with E-state index in [0.29, 0.717) is 5.92 Å². The van der Waals surface area contributed by atoms with Crippen LogP contribution in [0.25, 0.3) is 0 Å². The third-order valence-electron chi connectivity index (χ3n) is 3.04. The molecule has 3 heteroatoms. The highest BCUT2D eigenvalue weighted by Gasteiger charge is 2.64. The van der Waals surface area contributed by atoms with Gasteiger partial charge in [-0.15, -0.1) is 0 Å². The molecule has 0 aromatic carbocycles. The molecule has 3 rings (SSSR count). The van der Waals surface area contributed by atoms with Gasteiger partial charge >= 0.3 is 0 Å². The first-order valence-electron chi connectivity index (χ1n) is 3.96. The lowest BCUT2D eigenvalue weighted by Crippen LogP contribution is -2.48. The van der Waals surface area contributed by atoms with Gasteiger partial charge in [-0.25, -0.2) is 0 Å². The van der Waals surface area contributed by atoms with Crippen LogP contribution in [0.3, 0.4) is 0 Å². The van der Waals surface area contributed by atoms with Gasteiger partial charge in [0.25, 0.3) is 0 Å². The first kappa shape index (κ1) is 7.10. The Bertz CT molecular complexity index is 216. The van der Waals surface area contributed by atoms with Gasteiger partial charge in [0.05, 0.1) is 5.60 Å². The maximum atomic E-state index is 10.9. The van der Waals surface area contributed by atoms with Gasteiger partial charge in [0.15, 0.2) is 0 Å². The number of hydrogen-bond acceptors (Lipinski definition) is 2. The molecule has 0 spiro atoms. The Morgan fingerprint density at radius 2 is 2.09 bits per heavy atom. The number of hydrogen-bond donors (Lipinski definition) is 1. The molecule has 3 aliphatic rings. The number of rotatable bonds is 1. The van der Waals surface area contributed by atoms with Crippen LogP contribution in [0, 0.1) is 5.92 Å². The van der Waals surface area contributed by atoms with Crippen molar-refractivity contribution in [2.24, 2.45) is 11.7 Å². The summed E-state index contributed by atoms with van der Waals surface area (Å²) in [6.45, 7) is 4.05. The van der Waals surface area contributed by atoms with Gasteiger partial charge < -0.3 is 10.5 Å². The number of nitrogens with two attached hydrogens (primary N) is 1. The van der Waals surface area contributed by atoms with Crippen LogP contribution in [0.4, 0.5) is 0 Å². The lowest BCUT2D eigenvalue weighted by molar-refractivity contribution is -0.144. The summed E-state index contributed by atoms with van der Waals surface area (Å²) >= 11 is 0. The van der Waals surface area contributed by atoms with Crippen LogP contribution in [-0.4, -0.2) is 17.1 Å². The number of carbonyl (C=O) groups excluding carboxylic acids is 1. The third-order valence-corrected chi connectivity index (χ3v) is 3.04. The molecule has 0 unspecified atom stereocenters. The molecule has 2 saturated heterocycles. The summed E-state index contributed by atoms with van der Waals surface area (Å²) < 4.78 is 5.60. The smallest absolute Gasteiger partial charge is 0.249 e. The van der Waals surface area contributed by atoms with Gasteiger partial charge in [0, 0.05) is 0 Å². The van der Waals surface area contributed by atoms with E-state index in [1.165, 1.54) is 0 Å². The van der Waals surface area contributed by atoms with Crippen LogP contribution in [0.5, 0.6) is 0 Å². The maximum Gasteiger partial charge on any atom is 0.249 e. The molecular formula is C8H13NO2. The fourth-order valence-corrected chi connectivity index (χ4v) is 2.15. The van der Waals surface area contributed by atoms with Crippen molar-refractivity contribution in [3.05, 3.63) is 0 Å². The van der Waals surface area contributed by atoms with E-state index in [1.807, 2.05) is 13.8 Å². The molecule has 3 fully saturated rings. The molecule has 62 valence electrons. The highest BCUT2D eigenvalue weighted by atomic mass is 16.5. The third kappa shape index (κ3) is 0.692. The standard InChI is InChI=1S/C8H13NO2/c1-7(2)5-3-8(4-5,11-7)6(9)10/h5H,3-4H2,1-2H3,(H2,9,10). The van der Waals surface area contributed by atoms with E-state index >= 15 is 0 Å². The minimum Gasteiger partial charge on any atom is -0.367 e. The predicted molar refractivity (Wildman–Crippen MR) is 39.8 cm³/mol. The minimum atomic E-state index is -0.589. The number of primary amides is 1. The van der Waals surface area contributed by atoms with Crippen LogP contribution in [0.1, 0.15) is 26.7 Å². The molecule has 11 heavy (non-hydrogen) atoms. The minimum absolute atomic E-state index is 0.130. The van der Waals surface area contributed by atoms with Gasteiger partial charge in [0.1, 0.15) is 5.60 Å². The quantitative estimate of drug-likeness (QED) is 0.597. The van der Waals surface area contributed by atoms with Crippen LogP contribution in [0.2, 0.25) is 0 Å². The Morgan fingerprint density at radius 3 is 2.27 bits per heavy atom. The van der Waals surface area contributed by atoms with Gasteiger partial charge in [0.2, 0.25) is 5.91 Å². The Morgan fingerprint density at radius 1 is 1.55 bits per heavy atom. The Hall–Kier alpha value is -0.570. The van der Waals surface area contributed by atoms with Crippen molar-refractivity contribution in [3.8, 4) is 0 Å². The topological polar surface area (TPSA) is 52.3 Å². The molecule has 2 bridgehead atoms. The fraction of sp³-hybridized carbons (Fsp3) is 0.875. The molecule has 1 aliphatic carbocycles. The summed E-state index contributed by atoms with van der Waals surface area (Å²) in [6, 6.07) is 0. The van der Waals surface area contributed by atoms with Crippen LogP contribution in [0.15, 0.2) is 0 Å². The summed E-state index contributed by atoms with van der Waals surface area (Å²) in [4.78, 5) is 10.9. The Balaban J connectivity index is 2.23. The predicted octanol–water partition coefficient (Wildman–Crippen LogP) is 0.429. The summed E-state index contributed by atoms with van der Waals surface area (Å²) in [5.41, 5.74) is 4.51.